The number of hydrogen-bond donors (Lipinski definition) is 5. The molecule has 0 heterocycles. The zero-order chi connectivity index (χ0) is 32.6. The molecule has 2 atom stereocenters. The molecule has 0 aromatic heterocycles. The van der Waals surface area contributed by atoms with E-state index in [-0.39, 0.29) is 50.1 Å². The number of carbonyl (C=O) groups excluding carboxylic acids is 5. The van der Waals surface area contributed by atoms with Crippen molar-refractivity contribution < 1.29 is 50.1 Å². The van der Waals surface area contributed by atoms with Crippen LogP contribution < -0.4 is 39.0 Å². The van der Waals surface area contributed by atoms with E-state index in [9.17, 15) is 24.0 Å². The monoisotopic (exact) mass is 723 g/mol. The van der Waals surface area contributed by atoms with Crippen LogP contribution >= 0.6 is 15.9 Å². The van der Waals surface area contributed by atoms with E-state index in [1.54, 1.807) is 6.07 Å². The number of nitrogens with one attached hydrogen (secondary N) is 5. The SMILES string of the molecule is C[N+](C)(C)CCNC(=O)CNC(=O)[C@H](C[S-])NC(=O)CC[C@H](NC(=O)OCc1ccccc1Br)C(=O)NCC[N+](C)(C)C.[Cl-]. The van der Waals surface area contributed by atoms with Gasteiger partial charge in [0.15, 0.2) is 0 Å². The second-order valence-corrected chi connectivity index (χ2v) is 13.3. The number of alkyl carbamates (subject to hydrolysis) is 1. The predicted molar refractivity (Wildman–Crippen MR) is 169 cm³/mol. The normalized spacial score (nSPS) is 12.5. The summed E-state index contributed by atoms with van der Waals surface area (Å²) in [5, 5.41) is 13.1. The zero-order valence-corrected chi connectivity index (χ0v) is 29.5. The number of nitrogens with zero attached hydrogens (tertiary/aromatic N) is 2. The van der Waals surface area contributed by atoms with Crippen LogP contribution in [0.4, 0.5) is 4.79 Å². The van der Waals surface area contributed by atoms with Gasteiger partial charge >= 0.3 is 6.09 Å². The maximum Gasteiger partial charge on any atom is 0.408 e. The van der Waals surface area contributed by atoms with Crippen molar-refractivity contribution in [3.63, 3.8) is 0 Å². The molecule has 250 valence electrons. The summed E-state index contributed by atoms with van der Waals surface area (Å²) in [5.41, 5.74) is 0.746. The average molecular weight is 725 g/mol. The summed E-state index contributed by atoms with van der Waals surface area (Å²) in [6.07, 6.45) is -1.04. The molecule has 1 aromatic rings. The van der Waals surface area contributed by atoms with E-state index in [1.165, 1.54) is 0 Å². The average Bonchev–Trinajstić information content (AvgIpc) is 2.90. The van der Waals surface area contributed by atoms with Gasteiger partial charge in [-0.05, 0) is 12.5 Å². The Balaban J connectivity index is 0.0000185. The lowest BCUT2D eigenvalue weighted by Gasteiger charge is -2.25. The maximum absolute atomic E-state index is 12.9. The van der Waals surface area contributed by atoms with Gasteiger partial charge in [0, 0.05) is 16.5 Å². The van der Waals surface area contributed by atoms with Crippen LogP contribution in [0.25, 0.3) is 0 Å². The molecule has 0 radical (unpaired) electrons. The van der Waals surface area contributed by atoms with Crippen molar-refractivity contribution in [1.29, 1.82) is 0 Å². The minimum Gasteiger partial charge on any atom is -1.00 e. The Hall–Kier alpha value is -2.59. The van der Waals surface area contributed by atoms with Crippen LogP contribution in [0.1, 0.15) is 18.4 Å². The zero-order valence-electron chi connectivity index (χ0n) is 26.3. The van der Waals surface area contributed by atoms with Crippen molar-refractivity contribution >= 4 is 58.3 Å². The van der Waals surface area contributed by atoms with E-state index in [1.807, 2.05) is 60.5 Å². The van der Waals surface area contributed by atoms with Crippen molar-refractivity contribution in [3.05, 3.63) is 34.3 Å². The highest BCUT2D eigenvalue weighted by atomic mass is 79.9. The number of likely N-dealkylation sites (N-methyl/N-ethyl adjacent to an activating group) is 2. The van der Waals surface area contributed by atoms with Crippen LogP contribution in [-0.4, -0.2) is 132 Å². The van der Waals surface area contributed by atoms with Crippen LogP contribution in [0.15, 0.2) is 28.7 Å². The molecule has 0 aliphatic heterocycles. The molecule has 1 aromatic carbocycles. The Morgan fingerprint density at radius 3 is 1.95 bits per heavy atom. The van der Waals surface area contributed by atoms with Crippen molar-refractivity contribution in [1.82, 2.24) is 26.6 Å². The largest absolute Gasteiger partial charge is 1.00 e. The molecule has 0 fully saturated rings. The van der Waals surface area contributed by atoms with Crippen LogP contribution in [0.2, 0.25) is 0 Å². The Kier molecular flexibility index (Phi) is 19.2. The van der Waals surface area contributed by atoms with Gasteiger partial charge in [0.2, 0.25) is 23.6 Å². The maximum atomic E-state index is 12.9. The molecule has 0 aliphatic carbocycles. The molecule has 44 heavy (non-hydrogen) atoms. The van der Waals surface area contributed by atoms with E-state index < -0.39 is 35.9 Å². The number of quaternary nitrogens is 2. The van der Waals surface area contributed by atoms with Crippen molar-refractivity contribution in [2.24, 2.45) is 0 Å². The first kappa shape index (κ1) is 41.4. The van der Waals surface area contributed by atoms with Gasteiger partial charge in [0.05, 0.1) is 81.1 Å². The van der Waals surface area contributed by atoms with Crippen LogP contribution in [0.3, 0.4) is 0 Å². The lowest BCUT2D eigenvalue weighted by molar-refractivity contribution is -0.869. The number of carbonyl (C=O) groups is 5. The third-order valence-corrected chi connectivity index (χ3v) is 7.12. The molecule has 16 heteroatoms. The smallest absolute Gasteiger partial charge is 0.408 e. The highest BCUT2D eigenvalue weighted by Crippen LogP contribution is 2.16. The minimum atomic E-state index is -1.06. The number of benzene rings is 1. The van der Waals surface area contributed by atoms with Crippen LogP contribution in [0.5, 0.6) is 0 Å². The fourth-order valence-corrected chi connectivity index (χ4v) is 4.09. The Labute approximate surface area is 280 Å². The molecule has 1 rings (SSSR count). The van der Waals surface area contributed by atoms with Crippen molar-refractivity contribution in [2.45, 2.75) is 31.5 Å². The lowest BCUT2D eigenvalue weighted by Crippen LogP contribution is -3.00. The minimum absolute atomic E-state index is 0. The number of rotatable bonds is 18. The first-order valence-corrected chi connectivity index (χ1v) is 15.3. The topological polar surface area (TPSA) is 155 Å². The standard InChI is InChI=1S/C28H46BrN7O6S.ClH/c1-35(2,3)15-13-30-25(38)17-32-27(40)23(19-43)33-24(37)12-11-22(26(39)31-14-16-36(4,5)6)34-28(41)42-18-20-9-7-8-10-21(20)29;/h7-10,22-23H,11-19H2,1-6H3,(H4-2,30,31,32,33,34,37,38,39,40,41,43);1H/t22-,23-;/m0./s1. The van der Waals surface area contributed by atoms with Gasteiger partial charge in [-0.1, -0.05) is 34.1 Å². The second kappa shape index (κ2) is 20.4. The summed E-state index contributed by atoms with van der Waals surface area (Å²) < 4.78 is 7.37. The summed E-state index contributed by atoms with van der Waals surface area (Å²) in [5.74, 6) is -2.06. The first-order valence-electron chi connectivity index (χ1n) is 14.0. The molecule has 0 unspecified atom stereocenters. The molecule has 13 nitrogen and oxygen atoms in total. The molecule has 0 saturated carbocycles. The highest BCUT2D eigenvalue weighted by molar-refractivity contribution is 9.10. The van der Waals surface area contributed by atoms with E-state index in [4.69, 9.17) is 17.4 Å². The Morgan fingerprint density at radius 2 is 1.39 bits per heavy atom. The Morgan fingerprint density at radius 1 is 0.818 bits per heavy atom. The van der Waals surface area contributed by atoms with Gasteiger partial charge in [-0.25, -0.2) is 4.79 Å². The summed E-state index contributed by atoms with van der Waals surface area (Å²) in [7, 11) is 11.9. The highest BCUT2D eigenvalue weighted by Gasteiger charge is 2.24. The van der Waals surface area contributed by atoms with Crippen LogP contribution in [-0.2, 0) is 43.2 Å². The number of amides is 5. The molecular formula is C28H47BrClN7O6S. The van der Waals surface area contributed by atoms with Gasteiger partial charge in [-0.2, -0.15) is 0 Å². The molecular weight excluding hydrogens is 678 g/mol. The number of halogens is 2. The van der Waals surface area contributed by atoms with Crippen LogP contribution in [0, 0.1) is 0 Å². The third-order valence-electron chi connectivity index (χ3n) is 6.01. The van der Waals surface area contributed by atoms with Gasteiger partial charge < -0.3 is 65.3 Å². The van der Waals surface area contributed by atoms with E-state index in [2.05, 4.69) is 42.5 Å². The van der Waals surface area contributed by atoms with E-state index in [0.717, 1.165) is 16.6 Å². The summed E-state index contributed by atoms with van der Waals surface area (Å²) >= 11 is 8.42. The number of hydrogen-bond acceptors (Lipinski definition) is 7. The second-order valence-electron chi connectivity index (χ2n) is 12.1. The molecule has 5 N–H and O–H groups in total. The number of ether oxygens (including phenoxy) is 1. The van der Waals surface area contributed by atoms with Gasteiger partial charge in [0.25, 0.3) is 0 Å². The first-order chi connectivity index (χ1) is 20.0. The molecule has 0 saturated heterocycles. The van der Waals surface area contributed by atoms with E-state index >= 15 is 0 Å². The lowest BCUT2D eigenvalue weighted by atomic mass is 10.1. The van der Waals surface area contributed by atoms with Crippen molar-refractivity contribution in [3.8, 4) is 0 Å². The van der Waals surface area contributed by atoms with Gasteiger partial charge in [0.1, 0.15) is 12.6 Å². The van der Waals surface area contributed by atoms with Gasteiger partial charge in [-0.3, -0.25) is 19.2 Å². The molecule has 0 spiro atoms. The molecule has 0 bridgehead atoms. The van der Waals surface area contributed by atoms with Gasteiger partial charge in [-0.15, -0.1) is 5.75 Å². The quantitative estimate of drug-likeness (QED) is 0.0783. The predicted octanol–water partition coefficient (Wildman–Crippen LogP) is -3.38. The third kappa shape index (κ3) is 18.9. The molecule has 5 amide bonds. The fourth-order valence-electron chi connectivity index (χ4n) is 3.46. The Bertz CT molecular complexity index is 1100. The van der Waals surface area contributed by atoms with E-state index in [0.29, 0.717) is 28.6 Å². The fraction of sp³-hybridized carbons (Fsp3) is 0.607. The summed E-state index contributed by atoms with van der Waals surface area (Å²) in [6, 6.07) is 5.15. The molecule has 0 aliphatic rings. The summed E-state index contributed by atoms with van der Waals surface area (Å²) in [4.78, 5) is 62.7. The summed E-state index contributed by atoms with van der Waals surface area (Å²) in [6.45, 7) is 1.91. The van der Waals surface area contributed by atoms with Crippen molar-refractivity contribution in [2.75, 3.05) is 80.8 Å².